The molecular weight excluding hydrogens is 531 g/mol. The van der Waals surface area contributed by atoms with Gasteiger partial charge in [0.15, 0.2) is 0 Å². The zero-order chi connectivity index (χ0) is 27.9. The molecule has 0 atom stereocenters. The number of piperazine rings is 1. The Labute approximate surface area is 219 Å². The van der Waals surface area contributed by atoms with Crippen LogP contribution in [0.4, 0.5) is 30.5 Å². The number of carbonyl (C=O) groups is 3. The Bertz CT molecular complexity index is 1300. The van der Waals surface area contributed by atoms with Crippen LogP contribution in [-0.2, 0) is 4.79 Å². The van der Waals surface area contributed by atoms with Crippen LogP contribution in [0.25, 0.3) is 0 Å². The number of carbonyl (C=O) groups excluding carboxylic acids is 1. The Kier molecular flexibility index (Phi) is 9.07. The SMILES string of the molecule is O=C(Nc1ccc(N2CCN(c3ncccn3)CC2)c(C(=O)O)c1)c1cccc(Cl)c1.O=C(O)C(F)(F)F. The average Bonchev–Trinajstić information content (AvgIpc) is 2.89. The first-order chi connectivity index (χ1) is 18.0. The molecule has 2 aromatic carbocycles. The smallest absolute Gasteiger partial charge is 0.478 e. The zero-order valence-corrected chi connectivity index (χ0v) is 20.3. The first kappa shape index (κ1) is 28.2. The van der Waals surface area contributed by atoms with Gasteiger partial charge in [-0.3, -0.25) is 4.79 Å². The third kappa shape index (κ3) is 7.56. The molecule has 1 saturated heterocycles. The molecule has 200 valence electrons. The molecule has 0 bridgehead atoms. The van der Waals surface area contributed by atoms with Gasteiger partial charge in [-0.05, 0) is 42.5 Å². The fraction of sp³-hybridized carbons (Fsp3) is 0.208. The Hall–Kier alpha value is -4.39. The molecule has 1 aliphatic heterocycles. The lowest BCUT2D eigenvalue weighted by Crippen LogP contribution is -2.47. The van der Waals surface area contributed by atoms with Crippen LogP contribution < -0.4 is 15.1 Å². The number of aromatic carboxylic acids is 1. The fourth-order valence-corrected chi connectivity index (χ4v) is 3.69. The van der Waals surface area contributed by atoms with Crippen molar-refractivity contribution < 1.29 is 37.8 Å². The fourth-order valence-electron chi connectivity index (χ4n) is 3.50. The van der Waals surface area contributed by atoms with Gasteiger partial charge in [-0.15, -0.1) is 0 Å². The lowest BCUT2D eigenvalue weighted by atomic mass is 10.1. The zero-order valence-electron chi connectivity index (χ0n) is 19.5. The number of alkyl halides is 3. The minimum absolute atomic E-state index is 0.133. The van der Waals surface area contributed by atoms with E-state index < -0.39 is 18.1 Å². The van der Waals surface area contributed by atoms with Crippen LogP contribution in [0, 0.1) is 0 Å². The van der Waals surface area contributed by atoms with Crippen LogP contribution in [0.1, 0.15) is 20.7 Å². The lowest BCUT2D eigenvalue weighted by Gasteiger charge is -2.36. The summed E-state index contributed by atoms with van der Waals surface area (Å²) in [6, 6.07) is 13.2. The van der Waals surface area contributed by atoms with Gasteiger partial charge in [0.1, 0.15) is 0 Å². The van der Waals surface area contributed by atoms with Gasteiger partial charge in [0.05, 0.1) is 11.3 Å². The van der Waals surface area contributed by atoms with Crippen molar-refractivity contribution in [2.45, 2.75) is 6.18 Å². The molecule has 4 rings (SSSR count). The molecule has 1 aliphatic rings. The predicted octanol–water partition coefficient (Wildman–Crippen LogP) is 4.04. The largest absolute Gasteiger partial charge is 0.490 e. The number of halogens is 4. The van der Waals surface area contributed by atoms with Gasteiger partial charge in [0.2, 0.25) is 5.95 Å². The van der Waals surface area contributed by atoms with E-state index in [1.807, 2.05) is 4.90 Å². The maximum atomic E-state index is 12.5. The van der Waals surface area contributed by atoms with E-state index in [4.69, 9.17) is 21.5 Å². The maximum Gasteiger partial charge on any atom is 0.490 e. The standard InChI is InChI=1S/C22H20ClN5O3.C2HF3O2/c23-16-4-1-3-15(13-16)20(29)26-17-5-6-19(18(14-17)21(30)31)27-9-11-28(12-10-27)22-24-7-2-8-25-22;3-2(4,5)1(6)7/h1-8,13-14H,9-12H2,(H,26,29)(H,30,31);(H,6,7). The number of hydrogen-bond donors (Lipinski definition) is 3. The second kappa shape index (κ2) is 12.2. The van der Waals surface area contributed by atoms with Gasteiger partial charge in [0.25, 0.3) is 5.91 Å². The Morgan fingerprint density at radius 3 is 2.05 bits per heavy atom. The summed E-state index contributed by atoms with van der Waals surface area (Å²) < 4.78 is 31.7. The number of nitrogens with one attached hydrogen (secondary N) is 1. The summed E-state index contributed by atoms with van der Waals surface area (Å²) in [4.78, 5) is 45.9. The summed E-state index contributed by atoms with van der Waals surface area (Å²) in [5, 5.41) is 20.1. The minimum Gasteiger partial charge on any atom is -0.478 e. The number of carboxylic acid groups (broad SMARTS) is 2. The number of amides is 1. The number of aromatic nitrogens is 2. The van der Waals surface area contributed by atoms with Crippen LogP contribution in [0.3, 0.4) is 0 Å². The van der Waals surface area contributed by atoms with E-state index in [2.05, 4.69) is 20.2 Å². The number of rotatable bonds is 5. The number of nitrogens with zero attached hydrogens (tertiary/aromatic N) is 4. The highest BCUT2D eigenvalue weighted by molar-refractivity contribution is 6.31. The van der Waals surface area contributed by atoms with Gasteiger partial charge < -0.3 is 25.3 Å². The number of anilines is 3. The molecule has 0 saturated carbocycles. The van der Waals surface area contributed by atoms with Crippen molar-refractivity contribution in [3.05, 3.63) is 77.1 Å². The van der Waals surface area contributed by atoms with Crippen molar-refractivity contribution in [3.8, 4) is 0 Å². The topological polar surface area (TPSA) is 136 Å². The van der Waals surface area contributed by atoms with E-state index in [0.29, 0.717) is 54.1 Å². The highest BCUT2D eigenvalue weighted by atomic mass is 35.5. The van der Waals surface area contributed by atoms with E-state index in [1.165, 1.54) is 6.07 Å². The van der Waals surface area contributed by atoms with Crippen LogP contribution in [0.15, 0.2) is 60.9 Å². The molecule has 0 spiro atoms. The maximum absolute atomic E-state index is 12.5. The first-order valence-corrected chi connectivity index (χ1v) is 11.3. The highest BCUT2D eigenvalue weighted by Crippen LogP contribution is 2.27. The Morgan fingerprint density at radius 1 is 0.895 bits per heavy atom. The lowest BCUT2D eigenvalue weighted by molar-refractivity contribution is -0.192. The molecule has 10 nitrogen and oxygen atoms in total. The van der Waals surface area contributed by atoms with Gasteiger partial charge in [-0.1, -0.05) is 17.7 Å². The van der Waals surface area contributed by atoms with E-state index in [0.717, 1.165) is 0 Å². The molecule has 38 heavy (non-hydrogen) atoms. The number of hydrogen-bond acceptors (Lipinski definition) is 7. The van der Waals surface area contributed by atoms with E-state index in [1.54, 1.807) is 54.9 Å². The molecule has 1 amide bonds. The summed E-state index contributed by atoms with van der Waals surface area (Å²) in [5.41, 5.74) is 1.55. The Balaban J connectivity index is 0.000000505. The second-order valence-electron chi connectivity index (χ2n) is 7.83. The summed E-state index contributed by atoms with van der Waals surface area (Å²) in [6.45, 7) is 2.62. The van der Waals surface area contributed by atoms with Gasteiger partial charge in [-0.25, -0.2) is 19.6 Å². The molecule has 3 aromatic rings. The third-order valence-corrected chi connectivity index (χ3v) is 5.50. The molecule has 1 aromatic heterocycles. The molecular formula is C24H21ClF3N5O5. The van der Waals surface area contributed by atoms with Gasteiger partial charge in [-0.2, -0.15) is 13.2 Å². The number of carboxylic acids is 2. The summed E-state index contributed by atoms with van der Waals surface area (Å²) in [7, 11) is 0. The van der Waals surface area contributed by atoms with Crippen molar-refractivity contribution >= 4 is 46.8 Å². The van der Waals surface area contributed by atoms with Gasteiger partial charge in [0, 0.05) is 54.8 Å². The summed E-state index contributed by atoms with van der Waals surface area (Å²) in [5.74, 6) is -3.50. The quantitative estimate of drug-likeness (QED) is 0.429. The average molecular weight is 552 g/mol. The summed E-state index contributed by atoms with van der Waals surface area (Å²) in [6.07, 6.45) is -1.68. The van der Waals surface area contributed by atoms with Gasteiger partial charge >= 0.3 is 18.1 Å². The van der Waals surface area contributed by atoms with E-state index in [-0.39, 0.29) is 11.5 Å². The third-order valence-electron chi connectivity index (χ3n) is 5.27. The normalized spacial score (nSPS) is 13.3. The van der Waals surface area contributed by atoms with Crippen molar-refractivity contribution in [1.29, 1.82) is 0 Å². The van der Waals surface area contributed by atoms with E-state index in [9.17, 15) is 27.9 Å². The molecule has 1 fully saturated rings. The van der Waals surface area contributed by atoms with Crippen LogP contribution in [0.2, 0.25) is 5.02 Å². The minimum atomic E-state index is -5.08. The van der Waals surface area contributed by atoms with Crippen LogP contribution in [-0.4, -0.2) is 70.4 Å². The van der Waals surface area contributed by atoms with Crippen molar-refractivity contribution in [2.24, 2.45) is 0 Å². The molecule has 2 heterocycles. The molecule has 0 aliphatic carbocycles. The monoisotopic (exact) mass is 551 g/mol. The molecule has 0 radical (unpaired) electrons. The predicted molar refractivity (Wildman–Crippen MR) is 133 cm³/mol. The first-order valence-electron chi connectivity index (χ1n) is 11.0. The number of benzene rings is 2. The van der Waals surface area contributed by atoms with E-state index >= 15 is 0 Å². The highest BCUT2D eigenvalue weighted by Gasteiger charge is 2.38. The summed E-state index contributed by atoms with van der Waals surface area (Å²) >= 11 is 5.94. The second-order valence-corrected chi connectivity index (χ2v) is 8.26. The molecule has 0 unspecified atom stereocenters. The van der Waals surface area contributed by atoms with Crippen molar-refractivity contribution in [2.75, 3.05) is 41.3 Å². The van der Waals surface area contributed by atoms with Crippen molar-refractivity contribution in [1.82, 2.24) is 9.97 Å². The van der Waals surface area contributed by atoms with Crippen molar-refractivity contribution in [3.63, 3.8) is 0 Å². The van der Waals surface area contributed by atoms with Crippen LogP contribution in [0.5, 0.6) is 0 Å². The molecule has 3 N–H and O–H groups in total. The Morgan fingerprint density at radius 2 is 1.50 bits per heavy atom. The molecule has 14 heteroatoms. The van der Waals surface area contributed by atoms with Crippen LogP contribution >= 0.6 is 11.6 Å². The number of aliphatic carboxylic acids is 1.